The van der Waals surface area contributed by atoms with Crippen LogP contribution >= 0.6 is 11.3 Å². The molecule has 0 unspecified atom stereocenters. The lowest BCUT2D eigenvalue weighted by molar-refractivity contribution is 0.0122. The minimum Gasteiger partial charge on any atom is -0.465 e. The third-order valence-electron chi connectivity index (χ3n) is 4.62. The largest absolute Gasteiger partial charge is 0.465 e. The lowest BCUT2D eigenvalue weighted by atomic mass is 10.1. The molecule has 27 heavy (non-hydrogen) atoms. The Bertz CT molecular complexity index is 916. The second kappa shape index (κ2) is 8.08. The molecule has 1 fully saturated rings. The van der Waals surface area contributed by atoms with Gasteiger partial charge < -0.3 is 19.8 Å². The van der Waals surface area contributed by atoms with Crippen molar-refractivity contribution in [1.29, 1.82) is 0 Å². The summed E-state index contributed by atoms with van der Waals surface area (Å²) in [5.41, 5.74) is 3.49. The Morgan fingerprint density at radius 3 is 2.93 bits per heavy atom. The maximum absolute atomic E-state index is 12.4. The molecule has 142 valence electrons. The second-order valence-corrected chi connectivity index (χ2v) is 7.37. The highest BCUT2D eigenvalue weighted by atomic mass is 32.1. The van der Waals surface area contributed by atoms with Crippen LogP contribution in [0.4, 0.5) is 10.5 Å². The summed E-state index contributed by atoms with van der Waals surface area (Å²) < 4.78 is 12.3. The number of rotatable bonds is 5. The summed E-state index contributed by atoms with van der Waals surface area (Å²) in [6.07, 6.45) is 0. The molecular weight excluding hydrogens is 364 g/mol. The van der Waals surface area contributed by atoms with Crippen molar-refractivity contribution in [3.8, 4) is 0 Å². The summed E-state index contributed by atoms with van der Waals surface area (Å²) >= 11 is 1.55. The van der Waals surface area contributed by atoms with Gasteiger partial charge in [-0.1, -0.05) is 0 Å². The average Bonchev–Trinajstić information content (AvgIpc) is 3.31. The standard InChI is InChI=1S/C19H22N4O3S/c1-13-2-5-17(26-13)16(23-6-8-25-9-7-23)11-20-19(24)22-14-3-4-15-18(10-14)27-12-21-15/h2-5,10,12,16H,6-9,11H2,1H3,(H2,20,22,24)/t16-/m1/s1. The summed E-state index contributed by atoms with van der Waals surface area (Å²) in [5.74, 6) is 1.73. The SMILES string of the molecule is Cc1ccc([C@@H](CNC(=O)Nc2ccc3ncsc3c2)N2CCOCC2)o1. The molecule has 0 saturated carbocycles. The normalized spacial score (nSPS) is 16.3. The van der Waals surface area contributed by atoms with E-state index < -0.39 is 0 Å². The van der Waals surface area contributed by atoms with Crippen LogP contribution < -0.4 is 10.6 Å². The van der Waals surface area contributed by atoms with Crippen molar-refractivity contribution in [2.45, 2.75) is 13.0 Å². The molecule has 3 heterocycles. The van der Waals surface area contributed by atoms with Gasteiger partial charge in [0.1, 0.15) is 11.5 Å². The van der Waals surface area contributed by atoms with E-state index in [9.17, 15) is 4.79 Å². The average molecular weight is 386 g/mol. The second-order valence-electron chi connectivity index (χ2n) is 6.48. The van der Waals surface area contributed by atoms with E-state index in [4.69, 9.17) is 9.15 Å². The molecule has 0 bridgehead atoms. The quantitative estimate of drug-likeness (QED) is 0.703. The van der Waals surface area contributed by atoms with E-state index in [0.29, 0.717) is 19.8 Å². The lowest BCUT2D eigenvalue weighted by Crippen LogP contribution is -2.44. The number of fused-ring (bicyclic) bond motifs is 1. The molecular formula is C19H22N4O3S. The highest BCUT2D eigenvalue weighted by molar-refractivity contribution is 7.16. The fraction of sp³-hybridized carbons (Fsp3) is 0.368. The number of anilines is 1. The van der Waals surface area contributed by atoms with E-state index in [2.05, 4.69) is 20.5 Å². The number of nitrogens with zero attached hydrogens (tertiary/aromatic N) is 2. The van der Waals surface area contributed by atoms with E-state index >= 15 is 0 Å². The Morgan fingerprint density at radius 1 is 1.30 bits per heavy atom. The molecule has 7 nitrogen and oxygen atoms in total. The van der Waals surface area contributed by atoms with E-state index in [1.54, 1.807) is 16.8 Å². The highest BCUT2D eigenvalue weighted by Gasteiger charge is 2.25. The third kappa shape index (κ3) is 4.29. The Hall–Kier alpha value is -2.42. The number of nitrogens with one attached hydrogen (secondary N) is 2. The zero-order valence-electron chi connectivity index (χ0n) is 15.1. The van der Waals surface area contributed by atoms with Crippen molar-refractivity contribution in [1.82, 2.24) is 15.2 Å². The van der Waals surface area contributed by atoms with Crippen molar-refractivity contribution in [3.05, 3.63) is 47.4 Å². The monoisotopic (exact) mass is 386 g/mol. The predicted molar refractivity (Wildman–Crippen MR) is 105 cm³/mol. The molecule has 2 N–H and O–H groups in total. The molecule has 1 saturated heterocycles. The van der Waals surface area contributed by atoms with Crippen molar-refractivity contribution in [2.75, 3.05) is 38.2 Å². The van der Waals surface area contributed by atoms with Gasteiger partial charge in [0, 0.05) is 25.3 Å². The van der Waals surface area contributed by atoms with Gasteiger partial charge in [-0.2, -0.15) is 0 Å². The number of aromatic nitrogens is 1. The van der Waals surface area contributed by atoms with Crippen molar-refractivity contribution < 1.29 is 13.9 Å². The van der Waals surface area contributed by atoms with Gasteiger partial charge in [-0.25, -0.2) is 9.78 Å². The van der Waals surface area contributed by atoms with Crippen LogP contribution in [-0.2, 0) is 4.74 Å². The van der Waals surface area contributed by atoms with Crippen molar-refractivity contribution in [3.63, 3.8) is 0 Å². The van der Waals surface area contributed by atoms with Crippen LogP contribution in [0.3, 0.4) is 0 Å². The summed E-state index contributed by atoms with van der Waals surface area (Å²) in [7, 11) is 0. The summed E-state index contributed by atoms with van der Waals surface area (Å²) in [6, 6.07) is 9.38. The molecule has 1 aliphatic rings. The number of carbonyl (C=O) groups excluding carboxylic acids is 1. The highest BCUT2D eigenvalue weighted by Crippen LogP contribution is 2.24. The van der Waals surface area contributed by atoms with Gasteiger partial charge >= 0.3 is 6.03 Å². The third-order valence-corrected chi connectivity index (χ3v) is 5.41. The molecule has 2 aromatic heterocycles. The first-order chi connectivity index (χ1) is 13.2. The topological polar surface area (TPSA) is 79.6 Å². The first-order valence-corrected chi connectivity index (χ1v) is 9.83. The number of hydrogen-bond donors (Lipinski definition) is 2. The first-order valence-electron chi connectivity index (χ1n) is 8.95. The number of benzene rings is 1. The molecule has 8 heteroatoms. The Kier molecular flexibility index (Phi) is 5.38. The number of furan rings is 1. The van der Waals surface area contributed by atoms with Crippen molar-refractivity contribution in [2.24, 2.45) is 0 Å². The number of aryl methyl sites for hydroxylation is 1. The summed E-state index contributed by atoms with van der Waals surface area (Å²) in [4.78, 5) is 18.9. The first kappa shape index (κ1) is 18.0. The maximum Gasteiger partial charge on any atom is 0.319 e. The zero-order chi connectivity index (χ0) is 18.6. The molecule has 1 aromatic carbocycles. The van der Waals surface area contributed by atoms with E-state index in [1.165, 1.54) is 0 Å². The summed E-state index contributed by atoms with van der Waals surface area (Å²) in [5, 5.41) is 5.87. The Labute approximate surface area is 161 Å². The lowest BCUT2D eigenvalue weighted by Gasteiger charge is -2.33. The van der Waals surface area contributed by atoms with Crippen LogP contribution in [0, 0.1) is 6.92 Å². The maximum atomic E-state index is 12.4. The van der Waals surface area contributed by atoms with Gasteiger partial charge in [0.05, 0.1) is 35.0 Å². The molecule has 1 atom stereocenters. The molecule has 0 radical (unpaired) electrons. The van der Waals surface area contributed by atoms with E-state index in [1.807, 2.05) is 37.3 Å². The van der Waals surface area contributed by atoms with Crippen LogP contribution in [0.2, 0.25) is 0 Å². The number of urea groups is 1. The van der Waals surface area contributed by atoms with Gasteiger partial charge in [-0.3, -0.25) is 4.90 Å². The van der Waals surface area contributed by atoms with Gasteiger partial charge in [0.25, 0.3) is 0 Å². The Balaban J connectivity index is 1.40. The zero-order valence-corrected chi connectivity index (χ0v) is 15.9. The van der Waals surface area contributed by atoms with Crippen LogP contribution in [-0.4, -0.2) is 48.8 Å². The van der Waals surface area contributed by atoms with Crippen LogP contribution in [0.25, 0.3) is 10.2 Å². The van der Waals surface area contributed by atoms with Crippen LogP contribution in [0.15, 0.2) is 40.3 Å². The van der Waals surface area contributed by atoms with Gasteiger partial charge in [0.15, 0.2) is 0 Å². The molecule has 1 aliphatic heterocycles. The molecule has 4 rings (SSSR count). The number of morpholine rings is 1. The molecule has 0 spiro atoms. The number of thiazole rings is 1. The number of carbonyl (C=O) groups is 1. The number of ether oxygens (including phenoxy) is 1. The van der Waals surface area contributed by atoms with E-state index in [-0.39, 0.29) is 12.1 Å². The fourth-order valence-electron chi connectivity index (χ4n) is 3.23. The minimum atomic E-state index is -0.236. The molecule has 0 aliphatic carbocycles. The number of hydrogen-bond acceptors (Lipinski definition) is 6. The Morgan fingerprint density at radius 2 is 2.15 bits per heavy atom. The number of amides is 2. The molecule has 2 amide bonds. The smallest absolute Gasteiger partial charge is 0.319 e. The van der Waals surface area contributed by atoms with Crippen LogP contribution in [0.1, 0.15) is 17.6 Å². The minimum absolute atomic E-state index is 0.0164. The summed E-state index contributed by atoms with van der Waals surface area (Å²) in [6.45, 7) is 5.40. The van der Waals surface area contributed by atoms with Gasteiger partial charge in [-0.15, -0.1) is 11.3 Å². The van der Waals surface area contributed by atoms with Crippen molar-refractivity contribution >= 4 is 33.3 Å². The fourth-order valence-corrected chi connectivity index (χ4v) is 3.95. The molecule has 3 aromatic rings. The van der Waals surface area contributed by atoms with Gasteiger partial charge in [0.2, 0.25) is 0 Å². The van der Waals surface area contributed by atoms with Gasteiger partial charge in [-0.05, 0) is 37.3 Å². The van der Waals surface area contributed by atoms with Crippen LogP contribution in [0.5, 0.6) is 0 Å². The van der Waals surface area contributed by atoms with E-state index in [0.717, 1.165) is 40.5 Å². The predicted octanol–water partition coefficient (Wildman–Crippen LogP) is 3.39.